The summed E-state index contributed by atoms with van der Waals surface area (Å²) in [5, 5.41) is 15.1. The molecule has 1 saturated carbocycles. The molecule has 1 unspecified atom stereocenters. The summed E-state index contributed by atoms with van der Waals surface area (Å²) in [4.78, 5) is 0. The molecule has 1 aromatic carbocycles. The van der Waals surface area contributed by atoms with Crippen LogP contribution in [0, 0.1) is 11.1 Å². The molecule has 1 aliphatic carbocycles. The molecule has 2 aliphatic rings. The van der Waals surface area contributed by atoms with Gasteiger partial charge in [0.05, 0.1) is 18.4 Å². The summed E-state index contributed by atoms with van der Waals surface area (Å²) in [6.45, 7) is -0.0291. The predicted molar refractivity (Wildman–Crippen MR) is 85.6 cm³/mol. The molecule has 0 spiro atoms. The van der Waals surface area contributed by atoms with Crippen LogP contribution in [-0.2, 0) is 10.3 Å². The monoisotopic (exact) mass is 370 g/mol. The van der Waals surface area contributed by atoms with Gasteiger partial charge in [-0.2, -0.15) is 13.2 Å². The first-order valence-corrected chi connectivity index (χ1v) is 8.21. The molecule has 1 aromatic heterocycles. The Bertz CT molecular complexity index is 835. The first kappa shape index (κ1) is 16.5. The molecule has 0 saturated heterocycles. The van der Waals surface area contributed by atoms with Crippen molar-refractivity contribution < 1.29 is 22.6 Å². The maximum atomic E-state index is 14.4. The molecule has 1 N–H and O–H groups in total. The summed E-state index contributed by atoms with van der Waals surface area (Å²) in [6.07, 6.45) is -1.93. The van der Waals surface area contributed by atoms with E-state index in [0.717, 1.165) is 19.0 Å². The van der Waals surface area contributed by atoms with Crippen molar-refractivity contribution in [2.24, 2.45) is 5.92 Å². The Labute approximate surface area is 146 Å². The lowest BCUT2D eigenvalue weighted by molar-refractivity contribution is -0.591. The lowest BCUT2D eigenvalue weighted by Gasteiger charge is -2.39. The first-order valence-electron chi connectivity index (χ1n) is 7.83. The van der Waals surface area contributed by atoms with Crippen LogP contribution in [0.5, 0.6) is 0 Å². The third-order valence-electron chi connectivity index (χ3n) is 4.58. The van der Waals surface area contributed by atoms with Crippen molar-refractivity contribution in [3.05, 3.63) is 57.9 Å². The second kappa shape index (κ2) is 5.51. The van der Waals surface area contributed by atoms with Crippen molar-refractivity contribution in [2.45, 2.75) is 24.6 Å². The van der Waals surface area contributed by atoms with Gasteiger partial charge in [0.2, 0.25) is 5.60 Å². The summed E-state index contributed by atoms with van der Waals surface area (Å²) in [6, 6.07) is 6.69. The van der Waals surface area contributed by atoms with Gasteiger partial charge in [-0.15, -0.1) is 0 Å². The molecule has 4 rings (SSSR count). The Morgan fingerprint density at radius 1 is 1.28 bits per heavy atom. The Hall–Kier alpha value is -1.99. The number of anilines is 2. The number of pyridine rings is 1. The molecule has 0 bridgehead atoms. The van der Waals surface area contributed by atoms with Crippen LogP contribution in [-0.4, -0.2) is 12.8 Å². The fourth-order valence-corrected chi connectivity index (χ4v) is 3.33. The van der Waals surface area contributed by atoms with Crippen LogP contribution in [0.15, 0.2) is 36.5 Å². The third kappa shape index (κ3) is 2.53. The summed E-state index contributed by atoms with van der Waals surface area (Å²) in [5.41, 5.74) is -2.97. The molecule has 0 amide bonds. The highest BCUT2D eigenvalue weighted by atomic mass is 35.5. The zero-order valence-electron chi connectivity index (χ0n) is 12.9. The SMILES string of the molecule is [O-][n+]1cccc2c1Nc1ccc(Cl)cc1C2(OCC1CC1)C(F)(F)F. The van der Waals surface area contributed by atoms with Crippen molar-refractivity contribution in [2.75, 3.05) is 11.9 Å². The van der Waals surface area contributed by atoms with Crippen LogP contribution in [0.3, 0.4) is 0 Å². The zero-order valence-corrected chi connectivity index (χ0v) is 13.7. The number of nitrogens with one attached hydrogen (secondary N) is 1. The summed E-state index contributed by atoms with van der Waals surface area (Å²) >= 11 is 5.97. The van der Waals surface area contributed by atoms with Gasteiger partial charge in [0.15, 0.2) is 0 Å². The number of fused-ring (bicyclic) bond motifs is 2. The van der Waals surface area contributed by atoms with Gasteiger partial charge in [-0.3, -0.25) is 0 Å². The van der Waals surface area contributed by atoms with Gasteiger partial charge in [-0.05, 0) is 49.1 Å². The molecule has 0 radical (unpaired) electrons. The van der Waals surface area contributed by atoms with Crippen molar-refractivity contribution in [1.82, 2.24) is 0 Å². The summed E-state index contributed by atoms with van der Waals surface area (Å²) in [7, 11) is 0. The second-order valence-corrected chi connectivity index (χ2v) is 6.78. The molecule has 2 aromatic rings. The fourth-order valence-electron chi connectivity index (χ4n) is 3.16. The number of benzene rings is 1. The molecular weight excluding hydrogens is 357 g/mol. The van der Waals surface area contributed by atoms with Gasteiger partial charge in [0.1, 0.15) is 5.69 Å². The normalized spacial score (nSPS) is 22.1. The Morgan fingerprint density at radius 2 is 2.04 bits per heavy atom. The first-order chi connectivity index (χ1) is 11.8. The van der Waals surface area contributed by atoms with Gasteiger partial charge in [-0.25, -0.2) is 10.0 Å². The lowest BCUT2D eigenvalue weighted by atomic mass is 9.81. The minimum atomic E-state index is -4.77. The van der Waals surface area contributed by atoms with E-state index in [2.05, 4.69) is 5.32 Å². The second-order valence-electron chi connectivity index (χ2n) is 6.34. The molecule has 2 heterocycles. The van der Waals surface area contributed by atoms with E-state index in [1.165, 1.54) is 30.3 Å². The Balaban J connectivity index is 1.99. The molecule has 1 atom stereocenters. The topological polar surface area (TPSA) is 48.2 Å². The minimum absolute atomic E-state index is 0.0291. The molecule has 4 nitrogen and oxygen atoms in total. The zero-order chi connectivity index (χ0) is 17.8. The van der Waals surface area contributed by atoms with E-state index in [-0.39, 0.29) is 40.2 Å². The number of aromatic nitrogens is 1. The highest BCUT2D eigenvalue weighted by molar-refractivity contribution is 6.30. The third-order valence-corrected chi connectivity index (χ3v) is 4.82. The summed E-state index contributed by atoms with van der Waals surface area (Å²) in [5.74, 6) is -0.0753. The molecular formula is C17H14ClF3N2O2. The van der Waals surface area contributed by atoms with Crippen molar-refractivity contribution >= 4 is 23.1 Å². The smallest absolute Gasteiger partial charge is 0.426 e. The average molecular weight is 371 g/mol. The Morgan fingerprint density at radius 3 is 2.72 bits per heavy atom. The molecule has 8 heteroatoms. The standard InChI is InChI=1S/C17H14ClF3N2O2/c18-11-5-6-14-13(8-11)16(17(19,20)21,25-9-10-3-4-10)12-2-1-7-23(24)15(12)22-14/h1-2,5-8,10,22H,3-4,9H2. The Kier molecular flexibility index (Phi) is 3.63. The quantitative estimate of drug-likeness (QED) is 0.648. The van der Waals surface area contributed by atoms with E-state index >= 15 is 0 Å². The molecule has 1 aliphatic heterocycles. The fraction of sp³-hybridized carbons (Fsp3) is 0.353. The van der Waals surface area contributed by atoms with Gasteiger partial charge < -0.3 is 9.94 Å². The van der Waals surface area contributed by atoms with Crippen molar-refractivity contribution in [3.63, 3.8) is 0 Å². The number of hydrogen-bond donors (Lipinski definition) is 1. The number of hydrogen-bond acceptors (Lipinski definition) is 3. The molecule has 25 heavy (non-hydrogen) atoms. The van der Waals surface area contributed by atoms with Crippen LogP contribution in [0.1, 0.15) is 24.0 Å². The van der Waals surface area contributed by atoms with E-state index in [1.807, 2.05) is 0 Å². The van der Waals surface area contributed by atoms with Gasteiger partial charge in [0, 0.05) is 10.6 Å². The van der Waals surface area contributed by atoms with E-state index in [1.54, 1.807) is 0 Å². The highest BCUT2D eigenvalue weighted by Crippen LogP contribution is 2.55. The largest absolute Gasteiger partial charge is 0.711 e. The maximum Gasteiger partial charge on any atom is 0.426 e. The number of nitrogens with zero attached hydrogens (tertiary/aromatic N) is 1. The summed E-state index contributed by atoms with van der Waals surface area (Å²) < 4.78 is 49.1. The number of ether oxygens (including phenoxy) is 1. The van der Waals surface area contributed by atoms with E-state index in [4.69, 9.17) is 16.3 Å². The van der Waals surface area contributed by atoms with Crippen LogP contribution in [0.2, 0.25) is 5.02 Å². The van der Waals surface area contributed by atoms with Crippen molar-refractivity contribution in [1.29, 1.82) is 0 Å². The van der Waals surface area contributed by atoms with E-state index in [9.17, 15) is 18.4 Å². The van der Waals surface area contributed by atoms with Crippen LogP contribution >= 0.6 is 11.6 Å². The van der Waals surface area contributed by atoms with Gasteiger partial charge in [-0.1, -0.05) is 11.6 Å². The van der Waals surface area contributed by atoms with Crippen LogP contribution < -0.4 is 10.0 Å². The minimum Gasteiger partial charge on any atom is -0.711 e. The predicted octanol–water partition coefficient (Wildman–Crippen LogP) is 4.26. The molecule has 1 fully saturated rings. The number of halogens is 4. The van der Waals surface area contributed by atoms with E-state index in [0.29, 0.717) is 4.73 Å². The van der Waals surface area contributed by atoms with Crippen LogP contribution in [0.25, 0.3) is 0 Å². The highest BCUT2D eigenvalue weighted by Gasteiger charge is 2.64. The van der Waals surface area contributed by atoms with Crippen LogP contribution in [0.4, 0.5) is 24.7 Å². The number of rotatable bonds is 3. The lowest BCUT2D eigenvalue weighted by Crippen LogP contribution is -2.51. The molecule has 132 valence electrons. The number of alkyl halides is 3. The van der Waals surface area contributed by atoms with Gasteiger partial charge >= 0.3 is 6.18 Å². The van der Waals surface area contributed by atoms with E-state index < -0.39 is 11.8 Å². The maximum absolute atomic E-state index is 14.4. The van der Waals surface area contributed by atoms with Crippen molar-refractivity contribution in [3.8, 4) is 0 Å². The van der Waals surface area contributed by atoms with Gasteiger partial charge in [0.25, 0.3) is 5.82 Å². The average Bonchev–Trinajstić information content (AvgIpc) is 3.36.